The summed E-state index contributed by atoms with van der Waals surface area (Å²) < 4.78 is 37.7. The lowest BCUT2D eigenvalue weighted by Crippen LogP contribution is -2.46. The van der Waals surface area contributed by atoms with Crippen molar-refractivity contribution >= 4 is 5.91 Å². The third kappa shape index (κ3) is 6.27. The number of nitrogens with one attached hydrogen (secondary N) is 1. The van der Waals surface area contributed by atoms with E-state index in [4.69, 9.17) is 0 Å². The van der Waals surface area contributed by atoms with E-state index in [0.29, 0.717) is 6.54 Å². The molecule has 1 rings (SSSR count). The van der Waals surface area contributed by atoms with Crippen molar-refractivity contribution in [2.75, 3.05) is 13.1 Å². The zero-order valence-corrected chi connectivity index (χ0v) is 11.8. The average Bonchev–Trinajstić information content (AvgIpc) is 3.06. The van der Waals surface area contributed by atoms with Gasteiger partial charge >= 0.3 is 6.18 Å². The molecule has 0 aliphatic heterocycles. The van der Waals surface area contributed by atoms with E-state index >= 15 is 0 Å². The van der Waals surface area contributed by atoms with Gasteiger partial charge in [0.1, 0.15) is 6.54 Å². The molecule has 6 heteroatoms. The highest BCUT2D eigenvalue weighted by molar-refractivity contribution is 5.76. The standard InChI is InChI=1S/C13H23F3N2O/c1-9(2)17-7-6-12(19)18(8-13(14,15)16)10(3)11-4-5-11/h9-11,17H,4-8H2,1-3H3. The summed E-state index contributed by atoms with van der Waals surface area (Å²) >= 11 is 0. The zero-order valence-electron chi connectivity index (χ0n) is 11.8. The van der Waals surface area contributed by atoms with Gasteiger partial charge in [-0.25, -0.2) is 0 Å². The van der Waals surface area contributed by atoms with Gasteiger partial charge in [-0.15, -0.1) is 0 Å². The summed E-state index contributed by atoms with van der Waals surface area (Å²) in [5.41, 5.74) is 0. The number of carbonyl (C=O) groups is 1. The first-order chi connectivity index (χ1) is 8.70. The molecule has 1 saturated carbocycles. The molecule has 112 valence electrons. The summed E-state index contributed by atoms with van der Waals surface area (Å²) in [5.74, 6) is -0.172. The SMILES string of the molecule is CC(C)NCCC(=O)N(CC(F)(F)F)C(C)C1CC1. The summed E-state index contributed by atoms with van der Waals surface area (Å²) in [6.45, 7) is 4.88. The molecule has 0 aromatic carbocycles. The minimum absolute atomic E-state index is 0.116. The van der Waals surface area contributed by atoms with Gasteiger partial charge in [-0.1, -0.05) is 13.8 Å². The second-order valence-electron chi connectivity index (χ2n) is 5.57. The maximum atomic E-state index is 12.6. The van der Waals surface area contributed by atoms with E-state index in [1.807, 2.05) is 13.8 Å². The Labute approximate surface area is 112 Å². The number of amides is 1. The summed E-state index contributed by atoms with van der Waals surface area (Å²) in [5, 5.41) is 3.05. The van der Waals surface area contributed by atoms with Gasteiger partial charge in [0.25, 0.3) is 0 Å². The number of alkyl halides is 3. The number of hydrogen-bond acceptors (Lipinski definition) is 2. The van der Waals surface area contributed by atoms with Crippen molar-refractivity contribution in [3.05, 3.63) is 0 Å². The number of halogens is 3. The fraction of sp³-hybridized carbons (Fsp3) is 0.923. The van der Waals surface area contributed by atoms with E-state index in [9.17, 15) is 18.0 Å². The summed E-state index contributed by atoms with van der Waals surface area (Å²) in [4.78, 5) is 13.0. The molecule has 1 aliphatic carbocycles. The van der Waals surface area contributed by atoms with Crippen LogP contribution in [0.25, 0.3) is 0 Å². The summed E-state index contributed by atoms with van der Waals surface area (Å²) in [6, 6.07) is -0.0853. The highest BCUT2D eigenvalue weighted by Crippen LogP contribution is 2.36. The number of hydrogen-bond donors (Lipinski definition) is 1. The molecule has 0 spiro atoms. The maximum Gasteiger partial charge on any atom is 0.406 e. The number of carbonyl (C=O) groups excluding carboxylic acids is 1. The Hall–Kier alpha value is -0.780. The minimum atomic E-state index is -4.33. The molecule has 0 bridgehead atoms. The molecule has 1 atom stereocenters. The van der Waals surface area contributed by atoms with Crippen LogP contribution in [0.5, 0.6) is 0 Å². The van der Waals surface area contributed by atoms with Crippen LogP contribution in [0.15, 0.2) is 0 Å². The number of rotatable bonds is 7. The molecule has 0 aromatic heterocycles. The Bertz CT molecular complexity index is 301. The fourth-order valence-corrected chi connectivity index (χ4v) is 2.10. The quantitative estimate of drug-likeness (QED) is 0.777. The molecular formula is C13H23F3N2O. The molecule has 1 aliphatic rings. The van der Waals surface area contributed by atoms with E-state index in [2.05, 4.69) is 5.32 Å². The first-order valence-electron chi connectivity index (χ1n) is 6.80. The Morgan fingerprint density at radius 1 is 1.32 bits per heavy atom. The Kier molecular flexibility index (Phi) is 5.64. The van der Waals surface area contributed by atoms with E-state index in [-0.39, 0.29) is 24.4 Å². The van der Waals surface area contributed by atoms with Gasteiger partial charge in [0, 0.05) is 25.0 Å². The third-order valence-electron chi connectivity index (χ3n) is 3.36. The van der Waals surface area contributed by atoms with E-state index in [0.717, 1.165) is 17.7 Å². The minimum Gasteiger partial charge on any atom is -0.331 e. The summed E-state index contributed by atoms with van der Waals surface area (Å²) in [6.07, 6.45) is -2.37. The van der Waals surface area contributed by atoms with Crippen LogP contribution in [-0.4, -0.2) is 42.2 Å². The lowest BCUT2D eigenvalue weighted by molar-refractivity contribution is -0.166. The lowest BCUT2D eigenvalue weighted by atomic mass is 10.1. The van der Waals surface area contributed by atoms with E-state index in [1.54, 1.807) is 6.92 Å². The molecule has 1 unspecified atom stereocenters. The topological polar surface area (TPSA) is 32.3 Å². The first kappa shape index (κ1) is 16.3. The second-order valence-corrected chi connectivity index (χ2v) is 5.57. The van der Waals surface area contributed by atoms with Crippen LogP contribution < -0.4 is 5.32 Å². The molecule has 0 heterocycles. The van der Waals surface area contributed by atoms with Crippen LogP contribution in [0.2, 0.25) is 0 Å². The van der Waals surface area contributed by atoms with Crippen LogP contribution in [0, 0.1) is 5.92 Å². The fourth-order valence-electron chi connectivity index (χ4n) is 2.10. The molecule has 0 aromatic rings. The van der Waals surface area contributed by atoms with Gasteiger partial charge in [-0.2, -0.15) is 13.2 Å². The molecule has 1 fully saturated rings. The second kappa shape index (κ2) is 6.59. The van der Waals surface area contributed by atoms with E-state index in [1.165, 1.54) is 0 Å². The smallest absolute Gasteiger partial charge is 0.331 e. The Balaban J connectivity index is 2.53. The number of nitrogens with zero attached hydrogens (tertiary/aromatic N) is 1. The Morgan fingerprint density at radius 2 is 1.89 bits per heavy atom. The van der Waals surface area contributed by atoms with Crippen molar-refractivity contribution in [1.82, 2.24) is 10.2 Å². The van der Waals surface area contributed by atoms with Crippen molar-refractivity contribution in [3.63, 3.8) is 0 Å². The predicted molar refractivity (Wildman–Crippen MR) is 67.7 cm³/mol. The van der Waals surface area contributed by atoms with Crippen molar-refractivity contribution in [1.29, 1.82) is 0 Å². The molecule has 19 heavy (non-hydrogen) atoms. The normalized spacial score (nSPS) is 17.6. The highest BCUT2D eigenvalue weighted by Gasteiger charge is 2.40. The van der Waals surface area contributed by atoms with Crippen LogP contribution >= 0.6 is 0 Å². The van der Waals surface area contributed by atoms with Crippen LogP contribution in [0.4, 0.5) is 13.2 Å². The van der Waals surface area contributed by atoms with Crippen LogP contribution in [0.3, 0.4) is 0 Å². The van der Waals surface area contributed by atoms with Gasteiger partial charge in [0.2, 0.25) is 5.91 Å². The molecule has 3 nitrogen and oxygen atoms in total. The zero-order chi connectivity index (χ0) is 14.6. The predicted octanol–water partition coefficient (Wildman–Crippen LogP) is 2.56. The highest BCUT2D eigenvalue weighted by atomic mass is 19.4. The first-order valence-corrected chi connectivity index (χ1v) is 6.80. The molecule has 1 N–H and O–H groups in total. The van der Waals surface area contributed by atoms with Crippen molar-refractivity contribution < 1.29 is 18.0 Å². The van der Waals surface area contributed by atoms with Crippen molar-refractivity contribution in [2.45, 2.75) is 58.3 Å². The summed E-state index contributed by atoms with van der Waals surface area (Å²) in [7, 11) is 0. The molecule has 1 amide bonds. The Morgan fingerprint density at radius 3 is 2.32 bits per heavy atom. The van der Waals surface area contributed by atoms with Crippen molar-refractivity contribution in [3.8, 4) is 0 Å². The molecule has 0 radical (unpaired) electrons. The molecule has 0 saturated heterocycles. The van der Waals surface area contributed by atoms with Gasteiger partial charge in [-0.05, 0) is 25.7 Å². The van der Waals surface area contributed by atoms with Gasteiger partial charge in [-0.3, -0.25) is 4.79 Å². The van der Waals surface area contributed by atoms with Gasteiger partial charge in [0.05, 0.1) is 0 Å². The largest absolute Gasteiger partial charge is 0.406 e. The maximum absolute atomic E-state index is 12.6. The van der Waals surface area contributed by atoms with Crippen LogP contribution in [-0.2, 0) is 4.79 Å². The average molecular weight is 280 g/mol. The third-order valence-corrected chi connectivity index (χ3v) is 3.36. The van der Waals surface area contributed by atoms with Crippen molar-refractivity contribution in [2.24, 2.45) is 5.92 Å². The van der Waals surface area contributed by atoms with E-state index < -0.39 is 18.6 Å². The van der Waals surface area contributed by atoms with Gasteiger partial charge in [0.15, 0.2) is 0 Å². The molecular weight excluding hydrogens is 257 g/mol. The van der Waals surface area contributed by atoms with Gasteiger partial charge < -0.3 is 10.2 Å². The monoisotopic (exact) mass is 280 g/mol. The van der Waals surface area contributed by atoms with Crippen LogP contribution in [0.1, 0.15) is 40.0 Å². The lowest BCUT2D eigenvalue weighted by Gasteiger charge is -2.30.